The first-order valence-corrected chi connectivity index (χ1v) is 10.1. The van der Waals surface area contributed by atoms with Crippen LogP contribution in [-0.4, -0.2) is 24.4 Å². The van der Waals surface area contributed by atoms with Crippen LogP contribution in [-0.2, 0) is 34.7 Å². The van der Waals surface area contributed by atoms with Crippen molar-refractivity contribution in [3.63, 3.8) is 0 Å². The average Bonchev–Trinajstić information content (AvgIpc) is 3.19. The molecule has 1 N–H and O–H groups in total. The fourth-order valence-electron chi connectivity index (χ4n) is 4.10. The smallest absolute Gasteiger partial charge is 0.198 e. The first-order chi connectivity index (χ1) is 12.5. The van der Waals surface area contributed by atoms with Crippen molar-refractivity contribution in [2.75, 3.05) is 7.11 Å². The molecule has 3 atom stereocenters. The van der Waals surface area contributed by atoms with E-state index in [0.29, 0.717) is 19.4 Å². The lowest BCUT2D eigenvalue weighted by Crippen LogP contribution is -2.43. The molecule has 2 aliphatic heterocycles. The Kier molecular flexibility index (Phi) is 4.82. The molecule has 0 saturated carbocycles. The largest absolute Gasteiger partial charge is 0.496 e. The van der Waals surface area contributed by atoms with Crippen LogP contribution in [0.3, 0.4) is 0 Å². The lowest BCUT2D eigenvalue weighted by molar-refractivity contribution is -0.295. The summed E-state index contributed by atoms with van der Waals surface area (Å²) in [7, 11) is 1.71. The normalized spacial score (nSPS) is 27.7. The average molecular weight is 375 g/mol. The first-order valence-electron chi connectivity index (χ1n) is 9.30. The van der Waals surface area contributed by atoms with Crippen LogP contribution < -0.4 is 4.74 Å². The summed E-state index contributed by atoms with van der Waals surface area (Å²) >= 11 is 1.85. The molecule has 26 heavy (non-hydrogen) atoms. The van der Waals surface area contributed by atoms with Crippen LogP contribution in [0.4, 0.5) is 0 Å². The van der Waals surface area contributed by atoms with Gasteiger partial charge in [0.1, 0.15) is 5.75 Å². The van der Waals surface area contributed by atoms with E-state index in [1.807, 2.05) is 18.3 Å². The molecule has 3 heterocycles. The predicted octanol–water partition coefficient (Wildman–Crippen LogP) is 4.15. The van der Waals surface area contributed by atoms with Crippen molar-refractivity contribution in [1.29, 1.82) is 0 Å². The third-order valence-electron chi connectivity index (χ3n) is 5.31. The number of rotatable bonds is 4. The first kappa shape index (κ1) is 18.0. The van der Waals surface area contributed by atoms with Crippen molar-refractivity contribution in [3.8, 4) is 5.75 Å². The van der Waals surface area contributed by atoms with Crippen LogP contribution in [0.5, 0.6) is 5.75 Å². The fourth-order valence-corrected chi connectivity index (χ4v) is 5.08. The second kappa shape index (κ2) is 6.97. The number of fused-ring (bicyclic) bond motifs is 2. The van der Waals surface area contributed by atoms with Crippen LogP contribution in [0.25, 0.3) is 0 Å². The van der Waals surface area contributed by atoms with E-state index in [2.05, 4.69) is 31.2 Å². The molecule has 2 aliphatic rings. The maximum atomic E-state index is 10.3. The predicted molar refractivity (Wildman–Crippen MR) is 102 cm³/mol. The summed E-state index contributed by atoms with van der Waals surface area (Å²) in [5.41, 5.74) is 3.27. The van der Waals surface area contributed by atoms with E-state index in [0.717, 1.165) is 35.3 Å². The van der Waals surface area contributed by atoms with Crippen LogP contribution in [0.2, 0.25) is 0 Å². The lowest BCUT2D eigenvalue weighted by atomic mass is 9.90. The molecule has 0 amide bonds. The van der Waals surface area contributed by atoms with Crippen molar-refractivity contribution in [3.05, 3.63) is 50.7 Å². The Morgan fingerprint density at radius 3 is 2.81 bits per heavy atom. The molecule has 5 heteroatoms. The zero-order valence-electron chi connectivity index (χ0n) is 15.6. The minimum atomic E-state index is -0.822. The summed E-state index contributed by atoms with van der Waals surface area (Å²) in [6.45, 7) is 4.66. The Bertz CT molecular complexity index is 787. The molecule has 0 aliphatic carbocycles. The van der Waals surface area contributed by atoms with Gasteiger partial charge >= 0.3 is 0 Å². The van der Waals surface area contributed by atoms with Gasteiger partial charge in [0.2, 0.25) is 0 Å². The summed E-state index contributed by atoms with van der Waals surface area (Å²) in [4.78, 5) is 2.72. The third kappa shape index (κ3) is 3.18. The number of benzene rings is 1. The Labute approximate surface area is 158 Å². The quantitative estimate of drug-likeness (QED) is 0.873. The molecular formula is C21H26O4S. The zero-order chi connectivity index (χ0) is 18.3. The molecule has 0 radical (unpaired) electrons. The maximum Gasteiger partial charge on any atom is 0.198 e. The van der Waals surface area contributed by atoms with Gasteiger partial charge in [0.25, 0.3) is 0 Å². The second-order valence-electron chi connectivity index (χ2n) is 7.28. The number of hydrogen-bond acceptors (Lipinski definition) is 5. The van der Waals surface area contributed by atoms with Crippen molar-refractivity contribution >= 4 is 11.3 Å². The molecule has 4 rings (SSSR count). The van der Waals surface area contributed by atoms with Crippen molar-refractivity contribution < 1.29 is 19.3 Å². The minimum Gasteiger partial charge on any atom is -0.496 e. The highest BCUT2D eigenvalue weighted by molar-refractivity contribution is 7.12. The van der Waals surface area contributed by atoms with Gasteiger partial charge in [-0.05, 0) is 55.2 Å². The number of thiophene rings is 1. The number of aryl methyl sites for hydroxylation is 1. The Morgan fingerprint density at radius 2 is 2.12 bits per heavy atom. The van der Waals surface area contributed by atoms with Crippen molar-refractivity contribution in [1.82, 2.24) is 0 Å². The number of methoxy groups -OCH3 is 1. The third-order valence-corrected chi connectivity index (χ3v) is 6.54. The van der Waals surface area contributed by atoms with E-state index in [4.69, 9.17) is 14.2 Å². The second-order valence-corrected chi connectivity index (χ2v) is 8.54. The molecule has 1 aromatic heterocycles. The van der Waals surface area contributed by atoms with Gasteiger partial charge in [0.05, 0.1) is 25.9 Å². The van der Waals surface area contributed by atoms with Crippen LogP contribution in [0, 0.1) is 0 Å². The molecule has 1 aromatic carbocycles. The SMILES string of the molecule is CCc1ccc(Cc2cc3c(cc2OC)CO[C@@]32CC(O)CC(C)O2)s1. The summed E-state index contributed by atoms with van der Waals surface area (Å²) in [5, 5.41) is 10.3. The fraction of sp³-hybridized carbons (Fsp3) is 0.524. The Morgan fingerprint density at radius 1 is 1.31 bits per heavy atom. The molecule has 1 saturated heterocycles. The topological polar surface area (TPSA) is 47.9 Å². The highest BCUT2D eigenvalue weighted by atomic mass is 32.1. The highest BCUT2D eigenvalue weighted by Crippen LogP contribution is 2.47. The van der Waals surface area contributed by atoms with Gasteiger partial charge in [0, 0.05) is 28.2 Å². The highest BCUT2D eigenvalue weighted by Gasteiger charge is 2.47. The minimum absolute atomic E-state index is 0.0281. The molecular weight excluding hydrogens is 348 g/mol. The number of aliphatic hydroxyl groups is 1. The Balaban J connectivity index is 1.71. The zero-order valence-corrected chi connectivity index (χ0v) is 16.4. The summed E-state index contributed by atoms with van der Waals surface area (Å²) in [5.74, 6) is 0.0672. The van der Waals surface area contributed by atoms with Crippen LogP contribution >= 0.6 is 11.3 Å². The molecule has 2 aromatic rings. The van der Waals surface area contributed by atoms with Crippen molar-refractivity contribution in [2.24, 2.45) is 0 Å². The van der Waals surface area contributed by atoms with Gasteiger partial charge in [-0.25, -0.2) is 0 Å². The van der Waals surface area contributed by atoms with Gasteiger partial charge in [-0.1, -0.05) is 6.92 Å². The number of hydrogen-bond donors (Lipinski definition) is 1. The van der Waals surface area contributed by atoms with Crippen LogP contribution in [0.15, 0.2) is 24.3 Å². The van der Waals surface area contributed by atoms with Gasteiger partial charge in [-0.3, -0.25) is 0 Å². The molecule has 4 nitrogen and oxygen atoms in total. The number of aliphatic hydroxyl groups excluding tert-OH is 1. The molecule has 1 fully saturated rings. The van der Waals surface area contributed by atoms with Gasteiger partial charge < -0.3 is 19.3 Å². The monoisotopic (exact) mass is 374 g/mol. The van der Waals surface area contributed by atoms with Gasteiger partial charge in [0.15, 0.2) is 5.79 Å². The van der Waals surface area contributed by atoms with Crippen molar-refractivity contribution in [2.45, 2.75) is 64.1 Å². The van der Waals surface area contributed by atoms with E-state index < -0.39 is 11.9 Å². The summed E-state index contributed by atoms with van der Waals surface area (Å²) < 4.78 is 17.9. The van der Waals surface area contributed by atoms with E-state index >= 15 is 0 Å². The van der Waals surface area contributed by atoms with E-state index in [1.165, 1.54) is 9.75 Å². The maximum absolute atomic E-state index is 10.3. The van der Waals surface area contributed by atoms with Gasteiger partial charge in [-0.2, -0.15) is 0 Å². The molecule has 2 unspecified atom stereocenters. The standard InChI is InChI=1S/C21H26O4S/c1-4-17-5-6-18(26-17)8-14-9-19-15(10-20(14)23-3)12-24-21(19)11-16(22)7-13(2)25-21/h5-6,9-10,13,16,22H,4,7-8,11-12H2,1-3H3/t13?,16?,21-/m1/s1. The summed E-state index contributed by atoms with van der Waals surface area (Å²) in [6.07, 6.45) is 2.59. The van der Waals surface area contributed by atoms with Crippen LogP contribution in [0.1, 0.15) is 53.1 Å². The van der Waals surface area contributed by atoms with E-state index in [9.17, 15) is 5.11 Å². The van der Waals surface area contributed by atoms with E-state index in [-0.39, 0.29) is 6.10 Å². The lowest BCUT2D eigenvalue weighted by Gasteiger charge is -2.39. The summed E-state index contributed by atoms with van der Waals surface area (Å²) in [6, 6.07) is 8.64. The number of ether oxygens (including phenoxy) is 3. The molecule has 0 bridgehead atoms. The Hall–Kier alpha value is -1.40. The molecule has 1 spiro atoms. The molecule has 140 valence electrons. The van der Waals surface area contributed by atoms with E-state index in [1.54, 1.807) is 7.11 Å². The van der Waals surface area contributed by atoms with Gasteiger partial charge in [-0.15, -0.1) is 11.3 Å².